The largest absolute Gasteiger partial charge is 0.458 e. The lowest BCUT2D eigenvalue weighted by molar-refractivity contribution is -0.152. The summed E-state index contributed by atoms with van der Waals surface area (Å²) in [4.78, 5) is 10.4. The fourth-order valence-electron chi connectivity index (χ4n) is 0.829. The number of esters is 1. The van der Waals surface area contributed by atoms with E-state index in [0.29, 0.717) is 13.2 Å². The molecule has 4 heteroatoms. The molecule has 1 fully saturated rings. The fourth-order valence-corrected chi connectivity index (χ4v) is 0.829. The molecule has 0 bridgehead atoms. The van der Waals surface area contributed by atoms with Crippen LogP contribution in [0.5, 0.6) is 0 Å². The predicted octanol–water partition coefficient (Wildman–Crippen LogP) is -0.689. The molecule has 4 nitrogen and oxygen atoms in total. The normalized spacial score (nSPS) is 24.7. The summed E-state index contributed by atoms with van der Waals surface area (Å²) >= 11 is 0. The highest BCUT2D eigenvalue weighted by Gasteiger charge is 2.18. The molecule has 58 valence electrons. The van der Waals surface area contributed by atoms with Crippen LogP contribution in [0.25, 0.3) is 0 Å². The van der Waals surface area contributed by atoms with Crippen LogP contribution in [0.3, 0.4) is 0 Å². The predicted molar refractivity (Wildman–Crippen MR) is 32.4 cm³/mol. The van der Waals surface area contributed by atoms with Gasteiger partial charge in [-0.2, -0.15) is 0 Å². The van der Waals surface area contributed by atoms with E-state index in [-0.39, 0.29) is 6.10 Å². The third kappa shape index (κ3) is 1.97. The van der Waals surface area contributed by atoms with Gasteiger partial charge in [0, 0.05) is 6.42 Å². The van der Waals surface area contributed by atoms with Gasteiger partial charge in [0.05, 0.1) is 13.2 Å². The highest BCUT2D eigenvalue weighted by Crippen LogP contribution is 2.07. The first-order valence-electron chi connectivity index (χ1n) is 3.21. The summed E-state index contributed by atoms with van der Waals surface area (Å²) < 4.78 is 9.69. The van der Waals surface area contributed by atoms with Crippen LogP contribution in [0.2, 0.25) is 0 Å². The molecule has 0 unspecified atom stereocenters. The Bertz CT molecular complexity index is 117. The van der Waals surface area contributed by atoms with Crippen LogP contribution in [0.4, 0.5) is 0 Å². The van der Waals surface area contributed by atoms with E-state index in [1.54, 1.807) is 0 Å². The van der Waals surface area contributed by atoms with Gasteiger partial charge in [0.25, 0.3) is 0 Å². The van der Waals surface area contributed by atoms with Gasteiger partial charge >= 0.3 is 5.97 Å². The Balaban J connectivity index is 2.17. The van der Waals surface area contributed by atoms with E-state index < -0.39 is 12.6 Å². The van der Waals surface area contributed by atoms with E-state index >= 15 is 0 Å². The zero-order chi connectivity index (χ0) is 7.40. The smallest absolute Gasteiger partial charge is 0.332 e. The van der Waals surface area contributed by atoms with Crippen molar-refractivity contribution in [2.45, 2.75) is 12.5 Å². The Labute approximate surface area is 58.7 Å². The average molecular weight is 146 g/mol. The van der Waals surface area contributed by atoms with Crippen molar-refractivity contribution in [1.82, 2.24) is 0 Å². The molecular weight excluding hydrogens is 136 g/mol. The summed E-state index contributed by atoms with van der Waals surface area (Å²) in [5, 5.41) is 8.28. The number of hydrogen-bond acceptors (Lipinski definition) is 4. The maximum absolute atomic E-state index is 10.4. The Hall–Kier alpha value is -0.610. The van der Waals surface area contributed by atoms with Gasteiger partial charge in [-0.05, 0) is 0 Å². The third-order valence-corrected chi connectivity index (χ3v) is 1.32. The molecular formula is C6H10O4. The molecule has 0 amide bonds. The van der Waals surface area contributed by atoms with Gasteiger partial charge in [0.15, 0.2) is 0 Å². The van der Waals surface area contributed by atoms with Crippen molar-refractivity contribution in [3.05, 3.63) is 0 Å². The van der Waals surface area contributed by atoms with E-state index in [9.17, 15) is 4.79 Å². The monoisotopic (exact) mass is 146 g/mol. The van der Waals surface area contributed by atoms with Crippen LogP contribution in [-0.2, 0) is 14.3 Å². The van der Waals surface area contributed by atoms with Gasteiger partial charge in [-0.1, -0.05) is 0 Å². The lowest BCUT2D eigenvalue weighted by Crippen LogP contribution is -2.20. The summed E-state index contributed by atoms with van der Waals surface area (Å²) in [5.74, 6) is -0.574. The van der Waals surface area contributed by atoms with Crippen molar-refractivity contribution in [2.24, 2.45) is 0 Å². The second-order valence-electron chi connectivity index (χ2n) is 2.13. The number of aliphatic hydroxyl groups is 1. The summed E-state index contributed by atoms with van der Waals surface area (Å²) in [6.07, 6.45) is 0.603. The molecule has 1 heterocycles. The highest BCUT2D eigenvalue weighted by molar-refractivity contribution is 5.70. The Morgan fingerprint density at radius 3 is 3.10 bits per heavy atom. The van der Waals surface area contributed by atoms with Gasteiger partial charge in [-0.15, -0.1) is 0 Å². The molecule has 1 aliphatic rings. The van der Waals surface area contributed by atoms with Gasteiger partial charge in [0.2, 0.25) is 0 Å². The van der Waals surface area contributed by atoms with Crippen LogP contribution >= 0.6 is 0 Å². The number of hydrogen-bond donors (Lipinski definition) is 1. The number of aliphatic hydroxyl groups excluding tert-OH is 1. The summed E-state index contributed by atoms with van der Waals surface area (Å²) in [6.45, 7) is 0.561. The molecule has 0 aliphatic carbocycles. The zero-order valence-electron chi connectivity index (χ0n) is 5.58. The number of rotatable bonds is 2. The second-order valence-corrected chi connectivity index (χ2v) is 2.13. The van der Waals surface area contributed by atoms with E-state index in [0.717, 1.165) is 6.42 Å². The Morgan fingerprint density at radius 2 is 2.60 bits per heavy atom. The molecule has 0 aromatic carbocycles. The summed E-state index contributed by atoms with van der Waals surface area (Å²) in [5.41, 5.74) is 0. The number of carbonyl (C=O) groups excluding carboxylic acids is 1. The fraction of sp³-hybridized carbons (Fsp3) is 0.833. The molecule has 0 aromatic heterocycles. The van der Waals surface area contributed by atoms with Gasteiger partial charge in [0.1, 0.15) is 12.7 Å². The molecule has 1 aliphatic heterocycles. The molecule has 0 aromatic rings. The summed E-state index contributed by atoms with van der Waals surface area (Å²) in [7, 11) is 0. The quantitative estimate of drug-likeness (QED) is 0.524. The van der Waals surface area contributed by atoms with Crippen molar-refractivity contribution in [2.75, 3.05) is 19.8 Å². The van der Waals surface area contributed by atoms with Crippen molar-refractivity contribution in [3.8, 4) is 0 Å². The van der Waals surface area contributed by atoms with Crippen LogP contribution in [-0.4, -0.2) is 37.0 Å². The Morgan fingerprint density at radius 1 is 1.80 bits per heavy atom. The summed E-state index contributed by atoms with van der Waals surface area (Å²) in [6, 6.07) is 0. The first-order chi connectivity index (χ1) is 4.83. The molecule has 0 radical (unpaired) electrons. The maximum atomic E-state index is 10.4. The average Bonchev–Trinajstić information content (AvgIpc) is 2.40. The van der Waals surface area contributed by atoms with Crippen molar-refractivity contribution < 1.29 is 19.4 Å². The third-order valence-electron chi connectivity index (χ3n) is 1.32. The maximum Gasteiger partial charge on any atom is 0.332 e. The minimum absolute atomic E-state index is 0.139. The highest BCUT2D eigenvalue weighted by atomic mass is 16.6. The van der Waals surface area contributed by atoms with Crippen LogP contribution in [0.15, 0.2) is 0 Å². The lowest BCUT2D eigenvalue weighted by Gasteiger charge is -2.07. The lowest BCUT2D eigenvalue weighted by atomic mass is 10.3. The first kappa shape index (κ1) is 7.50. The van der Waals surface area contributed by atoms with Crippen LogP contribution in [0, 0.1) is 0 Å². The van der Waals surface area contributed by atoms with Crippen molar-refractivity contribution in [3.63, 3.8) is 0 Å². The molecule has 10 heavy (non-hydrogen) atoms. The molecule has 0 spiro atoms. The zero-order valence-corrected chi connectivity index (χ0v) is 5.58. The van der Waals surface area contributed by atoms with Gasteiger partial charge in [-0.3, -0.25) is 0 Å². The van der Waals surface area contributed by atoms with E-state index in [4.69, 9.17) is 14.6 Å². The first-order valence-corrected chi connectivity index (χ1v) is 3.21. The van der Waals surface area contributed by atoms with Crippen molar-refractivity contribution in [1.29, 1.82) is 0 Å². The van der Waals surface area contributed by atoms with E-state index in [1.165, 1.54) is 0 Å². The van der Waals surface area contributed by atoms with Crippen molar-refractivity contribution >= 4 is 5.97 Å². The number of ether oxygens (including phenoxy) is 2. The molecule has 1 N–H and O–H groups in total. The van der Waals surface area contributed by atoms with E-state index in [2.05, 4.69) is 0 Å². The molecule has 1 rings (SSSR count). The van der Waals surface area contributed by atoms with E-state index in [1.807, 2.05) is 0 Å². The Kier molecular flexibility index (Phi) is 2.65. The molecule has 0 saturated carbocycles. The van der Waals surface area contributed by atoms with Crippen LogP contribution in [0.1, 0.15) is 6.42 Å². The topological polar surface area (TPSA) is 55.8 Å². The molecule has 1 atom stereocenters. The minimum atomic E-state index is -0.574. The standard InChI is InChI=1S/C6H10O4/c7-3-6(8)10-5-1-2-9-4-5/h5,7H,1-4H2/t5-/m1/s1. The minimum Gasteiger partial charge on any atom is -0.458 e. The van der Waals surface area contributed by atoms with Crippen LogP contribution < -0.4 is 0 Å². The molecule has 1 saturated heterocycles. The van der Waals surface area contributed by atoms with Gasteiger partial charge < -0.3 is 14.6 Å². The second kappa shape index (κ2) is 3.53. The van der Waals surface area contributed by atoms with Gasteiger partial charge in [-0.25, -0.2) is 4.79 Å². The number of carbonyl (C=O) groups is 1. The SMILES string of the molecule is O=C(CO)O[C@@H]1CCOC1.